The number of hydrogen-bond acceptors (Lipinski definition) is 4. The zero-order chi connectivity index (χ0) is 13.2. The Balaban J connectivity index is 1.97. The Kier molecular flexibility index (Phi) is 3.50. The molecule has 1 aliphatic carbocycles. The lowest BCUT2D eigenvalue weighted by Crippen LogP contribution is -2.21. The lowest BCUT2D eigenvalue weighted by Gasteiger charge is -2.17. The van der Waals surface area contributed by atoms with Crippen LogP contribution in [0.3, 0.4) is 0 Å². The van der Waals surface area contributed by atoms with Crippen LogP contribution in [-0.4, -0.2) is 29.2 Å². The number of rotatable bonds is 3. The first-order valence-corrected chi connectivity index (χ1v) is 6.32. The van der Waals surface area contributed by atoms with E-state index in [1.54, 1.807) is 13.1 Å². The first-order valence-electron chi connectivity index (χ1n) is 6.32. The van der Waals surface area contributed by atoms with Gasteiger partial charge in [0.2, 0.25) is 0 Å². The maximum atomic E-state index is 11.3. The van der Waals surface area contributed by atoms with Gasteiger partial charge in [0, 0.05) is 13.1 Å². The maximum Gasteiger partial charge on any atom is 0.271 e. The van der Waals surface area contributed by atoms with Crippen molar-refractivity contribution in [2.24, 2.45) is 5.41 Å². The molecule has 1 heterocycles. The molecule has 1 saturated carbocycles. The number of carbonyl (C=O) groups is 1. The summed E-state index contributed by atoms with van der Waals surface area (Å²) >= 11 is 0. The van der Waals surface area contributed by atoms with Gasteiger partial charge in [-0.25, -0.2) is 0 Å². The molecule has 0 bridgehead atoms. The van der Waals surface area contributed by atoms with Gasteiger partial charge < -0.3 is 10.6 Å². The van der Waals surface area contributed by atoms with Crippen LogP contribution in [0.4, 0.5) is 5.82 Å². The fraction of sp³-hybridized carbons (Fsp3) is 0.615. The number of nitrogens with zero attached hydrogens (tertiary/aromatic N) is 2. The fourth-order valence-electron chi connectivity index (χ4n) is 2.43. The van der Waals surface area contributed by atoms with E-state index in [9.17, 15) is 4.79 Å². The van der Waals surface area contributed by atoms with Gasteiger partial charge in [-0.05, 0) is 36.8 Å². The maximum absolute atomic E-state index is 11.3. The summed E-state index contributed by atoms with van der Waals surface area (Å²) in [6.45, 7) is 4.57. The summed E-state index contributed by atoms with van der Waals surface area (Å²) in [6, 6.07) is 3.96. The Morgan fingerprint density at radius 2 is 2.17 bits per heavy atom. The third kappa shape index (κ3) is 2.97. The summed E-state index contributed by atoms with van der Waals surface area (Å²) in [5.74, 6) is 0.529. The molecule has 1 aromatic rings. The molecule has 0 aromatic carbocycles. The van der Waals surface area contributed by atoms with E-state index in [2.05, 4.69) is 34.7 Å². The Bertz CT molecular complexity index is 427. The van der Waals surface area contributed by atoms with Crippen LogP contribution in [0.2, 0.25) is 0 Å². The van der Waals surface area contributed by atoms with Crippen LogP contribution in [0.15, 0.2) is 12.1 Å². The molecule has 0 spiro atoms. The summed E-state index contributed by atoms with van der Waals surface area (Å²) in [5.41, 5.74) is 0.752. The molecule has 1 atom stereocenters. The summed E-state index contributed by atoms with van der Waals surface area (Å²) in [5, 5.41) is 13.8. The van der Waals surface area contributed by atoms with Crippen LogP contribution in [0.25, 0.3) is 0 Å². The van der Waals surface area contributed by atoms with Crippen molar-refractivity contribution < 1.29 is 4.79 Å². The van der Waals surface area contributed by atoms with Crippen molar-refractivity contribution in [3.05, 3.63) is 17.8 Å². The van der Waals surface area contributed by atoms with Gasteiger partial charge in [0.15, 0.2) is 5.69 Å². The van der Waals surface area contributed by atoms with E-state index in [-0.39, 0.29) is 5.91 Å². The van der Waals surface area contributed by atoms with Gasteiger partial charge in [0.05, 0.1) is 0 Å². The lowest BCUT2D eigenvalue weighted by molar-refractivity contribution is 0.0957. The number of amides is 1. The van der Waals surface area contributed by atoms with Crippen LogP contribution in [0, 0.1) is 5.41 Å². The van der Waals surface area contributed by atoms with Crippen LogP contribution in [0.5, 0.6) is 0 Å². The van der Waals surface area contributed by atoms with E-state index in [1.807, 2.05) is 6.07 Å². The second-order valence-corrected chi connectivity index (χ2v) is 5.63. The number of aromatic nitrogens is 2. The number of carbonyl (C=O) groups excluding carboxylic acids is 1. The highest BCUT2D eigenvalue weighted by Crippen LogP contribution is 2.37. The van der Waals surface area contributed by atoms with Gasteiger partial charge in [0.1, 0.15) is 5.82 Å². The predicted molar refractivity (Wildman–Crippen MR) is 70.5 cm³/mol. The molecule has 0 aliphatic heterocycles. The lowest BCUT2D eigenvalue weighted by atomic mass is 9.92. The molecule has 5 heteroatoms. The van der Waals surface area contributed by atoms with Crippen molar-refractivity contribution in [2.45, 2.75) is 39.2 Å². The van der Waals surface area contributed by atoms with Crippen LogP contribution < -0.4 is 10.6 Å². The number of nitrogens with one attached hydrogen (secondary N) is 2. The van der Waals surface area contributed by atoms with Gasteiger partial charge in [-0.15, -0.1) is 10.2 Å². The van der Waals surface area contributed by atoms with Crippen molar-refractivity contribution in [3.8, 4) is 0 Å². The summed E-state index contributed by atoms with van der Waals surface area (Å²) in [7, 11) is 1.58. The van der Waals surface area contributed by atoms with Crippen LogP contribution in [0.1, 0.15) is 43.6 Å². The Labute approximate surface area is 107 Å². The Morgan fingerprint density at radius 1 is 1.39 bits per heavy atom. The molecule has 1 fully saturated rings. The van der Waals surface area contributed by atoms with E-state index in [0.29, 0.717) is 17.2 Å². The largest absolute Gasteiger partial charge is 0.366 e. The summed E-state index contributed by atoms with van der Waals surface area (Å²) in [4.78, 5) is 11.3. The van der Waals surface area contributed by atoms with Gasteiger partial charge in [0.25, 0.3) is 5.91 Å². The highest BCUT2D eigenvalue weighted by atomic mass is 16.1. The molecule has 2 rings (SSSR count). The van der Waals surface area contributed by atoms with Crippen molar-refractivity contribution >= 4 is 11.7 Å². The van der Waals surface area contributed by atoms with Crippen molar-refractivity contribution in [1.82, 2.24) is 15.5 Å². The van der Waals surface area contributed by atoms with Gasteiger partial charge in [-0.1, -0.05) is 13.8 Å². The van der Waals surface area contributed by atoms with Gasteiger partial charge in [-0.3, -0.25) is 4.79 Å². The minimum Gasteiger partial charge on any atom is -0.366 e. The molecule has 5 nitrogen and oxygen atoms in total. The zero-order valence-corrected chi connectivity index (χ0v) is 11.2. The summed E-state index contributed by atoms with van der Waals surface area (Å²) < 4.78 is 0. The number of anilines is 1. The molecule has 1 aliphatic rings. The Morgan fingerprint density at radius 3 is 2.67 bits per heavy atom. The average Bonchev–Trinajstić information content (AvgIpc) is 2.68. The minimum absolute atomic E-state index is 0.212. The first-order chi connectivity index (χ1) is 8.50. The first kappa shape index (κ1) is 12.8. The molecular formula is C13H20N4O. The highest BCUT2D eigenvalue weighted by molar-refractivity contribution is 5.91. The molecule has 1 amide bonds. The second-order valence-electron chi connectivity index (χ2n) is 5.63. The molecule has 0 radical (unpaired) electrons. The summed E-state index contributed by atoms with van der Waals surface area (Å²) in [6.07, 6.45) is 3.53. The van der Waals surface area contributed by atoms with E-state index < -0.39 is 0 Å². The molecule has 0 saturated heterocycles. The van der Waals surface area contributed by atoms with E-state index >= 15 is 0 Å². The van der Waals surface area contributed by atoms with Crippen molar-refractivity contribution in [1.29, 1.82) is 0 Å². The predicted octanol–water partition coefficient (Wildman–Crippen LogP) is 1.83. The normalized spacial score (nSPS) is 21.6. The van der Waals surface area contributed by atoms with Crippen molar-refractivity contribution in [2.75, 3.05) is 12.4 Å². The fourth-order valence-corrected chi connectivity index (χ4v) is 2.43. The van der Waals surface area contributed by atoms with Gasteiger partial charge >= 0.3 is 0 Å². The Hall–Kier alpha value is -1.65. The molecular weight excluding hydrogens is 228 g/mol. The molecule has 98 valence electrons. The molecule has 2 N–H and O–H groups in total. The van der Waals surface area contributed by atoms with Crippen LogP contribution >= 0.6 is 0 Å². The number of hydrogen-bond donors (Lipinski definition) is 2. The van der Waals surface area contributed by atoms with E-state index in [1.165, 1.54) is 6.42 Å². The smallest absolute Gasteiger partial charge is 0.271 e. The highest BCUT2D eigenvalue weighted by Gasteiger charge is 2.30. The monoisotopic (exact) mass is 248 g/mol. The second kappa shape index (κ2) is 4.92. The quantitative estimate of drug-likeness (QED) is 0.856. The van der Waals surface area contributed by atoms with Crippen molar-refractivity contribution in [3.63, 3.8) is 0 Å². The molecule has 18 heavy (non-hydrogen) atoms. The average molecular weight is 248 g/mol. The van der Waals surface area contributed by atoms with Gasteiger partial charge in [-0.2, -0.15) is 0 Å². The zero-order valence-electron chi connectivity index (χ0n) is 11.2. The standard InChI is InChI=1S/C13H20N4O/c1-13(2)7-6-9(8-13)15-11-5-4-10(16-17-11)12(18)14-3/h4-5,9H,6-8H2,1-3H3,(H,14,18)(H,15,17). The third-order valence-corrected chi connectivity index (χ3v) is 3.44. The third-order valence-electron chi connectivity index (χ3n) is 3.44. The topological polar surface area (TPSA) is 66.9 Å². The SMILES string of the molecule is CNC(=O)c1ccc(NC2CCC(C)(C)C2)nn1. The molecule has 1 unspecified atom stereocenters. The minimum atomic E-state index is -0.212. The van der Waals surface area contributed by atoms with E-state index in [0.717, 1.165) is 18.7 Å². The van der Waals surface area contributed by atoms with E-state index in [4.69, 9.17) is 0 Å². The molecule has 1 aromatic heterocycles. The van der Waals surface area contributed by atoms with Crippen LogP contribution in [-0.2, 0) is 0 Å².